The summed E-state index contributed by atoms with van der Waals surface area (Å²) in [5.74, 6) is 1.27. The lowest BCUT2D eigenvalue weighted by atomic mass is 9.88. The van der Waals surface area contributed by atoms with Crippen molar-refractivity contribution >= 4 is 11.6 Å². The fourth-order valence-corrected chi connectivity index (χ4v) is 2.77. The molecule has 0 aliphatic heterocycles. The predicted octanol–water partition coefficient (Wildman–Crippen LogP) is 3.61. The molecule has 1 amide bonds. The number of anilines is 1. The van der Waals surface area contributed by atoms with Gasteiger partial charge in [-0.2, -0.15) is 0 Å². The van der Waals surface area contributed by atoms with E-state index in [0.29, 0.717) is 11.6 Å². The maximum Gasteiger partial charge on any atom is 0.278 e. The Morgan fingerprint density at radius 1 is 1.38 bits per heavy atom. The van der Waals surface area contributed by atoms with E-state index < -0.39 is 0 Å². The maximum absolute atomic E-state index is 12.4. The summed E-state index contributed by atoms with van der Waals surface area (Å²) in [6.45, 7) is 4.30. The fourth-order valence-electron chi connectivity index (χ4n) is 2.77. The number of benzene rings is 1. The van der Waals surface area contributed by atoms with Gasteiger partial charge in [0.15, 0.2) is 5.69 Å². The molecule has 1 aliphatic rings. The van der Waals surface area contributed by atoms with Gasteiger partial charge in [-0.25, -0.2) is 0 Å². The lowest BCUT2D eigenvalue weighted by molar-refractivity contribution is 0.101. The van der Waals surface area contributed by atoms with Gasteiger partial charge in [0.2, 0.25) is 0 Å². The number of amides is 1. The lowest BCUT2D eigenvalue weighted by Gasteiger charge is -2.16. The number of nitrogens with one attached hydrogen (secondary N) is 1. The summed E-state index contributed by atoms with van der Waals surface area (Å²) in [6, 6.07) is 7.89. The highest BCUT2D eigenvalue weighted by molar-refractivity contribution is 6.03. The Morgan fingerprint density at radius 2 is 2.14 bits per heavy atom. The van der Waals surface area contributed by atoms with Gasteiger partial charge in [0, 0.05) is 17.7 Å². The van der Waals surface area contributed by atoms with Crippen molar-refractivity contribution in [2.75, 3.05) is 5.32 Å². The summed E-state index contributed by atoms with van der Waals surface area (Å²) in [4.78, 5) is 12.4. The topological polar surface area (TPSA) is 55.1 Å². The zero-order valence-electron chi connectivity index (χ0n) is 12.5. The van der Waals surface area contributed by atoms with Gasteiger partial charge >= 0.3 is 0 Å². The molecule has 21 heavy (non-hydrogen) atoms. The molecule has 0 fully saturated rings. The maximum atomic E-state index is 12.4. The van der Waals surface area contributed by atoms with Crippen molar-refractivity contribution in [1.82, 2.24) is 5.16 Å². The highest BCUT2D eigenvalue weighted by Gasteiger charge is 2.26. The average Bonchev–Trinajstić information content (AvgIpc) is 2.91. The van der Waals surface area contributed by atoms with Crippen LogP contribution in [0.1, 0.15) is 47.6 Å². The molecule has 110 valence electrons. The third kappa shape index (κ3) is 2.84. The average molecular weight is 284 g/mol. The minimum Gasteiger partial charge on any atom is -0.360 e. The van der Waals surface area contributed by atoms with Crippen molar-refractivity contribution in [2.24, 2.45) is 5.92 Å². The molecule has 3 rings (SSSR count). The second-order valence-corrected chi connectivity index (χ2v) is 5.79. The minimum atomic E-state index is -0.182. The number of aromatic nitrogens is 1. The van der Waals surface area contributed by atoms with Crippen LogP contribution in [0.15, 0.2) is 28.8 Å². The van der Waals surface area contributed by atoms with Gasteiger partial charge in [0.1, 0.15) is 5.76 Å². The molecular weight excluding hydrogens is 264 g/mol. The molecule has 1 aromatic heterocycles. The molecule has 1 aliphatic carbocycles. The SMILES string of the molecule is CCc1ccc(NC(=O)c2noc3c2CC(C)CC3)cc1. The molecule has 4 nitrogen and oxygen atoms in total. The lowest BCUT2D eigenvalue weighted by Crippen LogP contribution is -2.17. The summed E-state index contributed by atoms with van der Waals surface area (Å²) in [5.41, 5.74) is 3.46. The second kappa shape index (κ2) is 5.72. The van der Waals surface area contributed by atoms with Gasteiger partial charge in [0.25, 0.3) is 5.91 Å². The third-order valence-corrected chi connectivity index (χ3v) is 4.12. The van der Waals surface area contributed by atoms with E-state index in [2.05, 4.69) is 24.3 Å². The first-order valence-electron chi connectivity index (χ1n) is 7.55. The van der Waals surface area contributed by atoms with E-state index in [4.69, 9.17) is 4.52 Å². The monoisotopic (exact) mass is 284 g/mol. The first kappa shape index (κ1) is 13.9. The Bertz CT molecular complexity index is 643. The van der Waals surface area contributed by atoms with Crippen LogP contribution in [0, 0.1) is 5.92 Å². The number of hydrogen-bond acceptors (Lipinski definition) is 3. The number of nitrogens with zero attached hydrogens (tertiary/aromatic N) is 1. The van der Waals surface area contributed by atoms with E-state index in [9.17, 15) is 4.79 Å². The van der Waals surface area contributed by atoms with E-state index in [1.165, 1.54) is 5.56 Å². The van der Waals surface area contributed by atoms with Crippen LogP contribution in [0.25, 0.3) is 0 Å². The molecule has 0 saturated heterocycles. The highest BCUT2D eigenvalue weighted by Crippen LogP contribution is 2.28. The smallest absolute Gasteiger partial charge is 0.278 e. The van der Waals surface area contributed by atoms with Gasteiger partial charge < -0.3 is 9.84 Å². The molecule has 1 atom stereocenters. The molecule has 1 unspecified atom stereocenters. The van der Waals surface area contributed by atoms with Crippen molar-refractivity contribution in [2.45, 2.75) is 39.5 Å². The number of rotatable bonds is 3. The highest BCUT2D eigenvalue weighted by atomic mass is 16.5. The summed E-state index contributed by atoms with van der Waals surface area (Å²) in [7, 11) is 0. The number of carbonyl (C=O) groups is 1. The molecule has 4 heteroatoms. The summed E-state index contributed by atoms with van der Waals surface area (Å²) < 4.78 is 5.32. The Balaban J connectivity index is 1.77. The molecule has 1 aromatic carbocycles. The van der Waals surface area contributed by atoms with Crippen molar-refractivity contribution in [1.29, 1.82) is 0 Å². The van der Waals surface area contributed by atoms with E-state index in [1.54, 1.807) is 0 Å². The Labute approximate surface area is 124 Å². The Hall–Kier alpha value is -2.10. The van der Waals surface area contributed by atoms with Crippen LogP contribution < -0.4 is 5.32 Å². The van der Waals surface area contributed by atoms with Gasteiger partial charge in [-0.1, -0.05) is 31.1 Å². The molecule has 1 N–H and O–H groups in total. The zero-order valence-corrected chi connectivity index (χ0v) is 12.5. The fraction of sp³-hybridized carbons (Fsp3) is 0.412. The second-order valence-electron chi connectivity index (χ2n) is 5.79. The molecule has 0 bridgehead atoms. The van der Waals surface area contributed by atoms with E-state index in [1.807, 2.05) is 24.3 Å². The van der Waals surface area contributed by atoms with Gasteiger partial charge in [-0.15, -0.1) is 0 Å². The van der Waals surface area contributed by atoms with Crippen molar-refractivity contribution in [3.05, 3.63) is 46.8 Å². The van der Waals surface area contributed by atoms with Gasteiger partial charge in [-0.3, -0.25) is 4.79 Å². The molecule has 0 radical (unpaired) electrons. The van der Waals surface area contributed by atoms with E-state index in [-0.39, 0.29) is 5.91 Å². The molecule has 2 aromatic rings. The number of fused-ring (bicyclic) bond motifs is 1. The third-order valence-electron chi connectivity index (χ3n) is 4.12. The van der Waals surface area contributed by atoms with Crippen LogP contribution >= 0.6 is 0 Å². The predicted molar refractivity (Wildman–Crippen MR) is 81.5 cm³/mol. The molecule has 0 spiro atoms. The number of aryl methyl sites for hydroxylation is 2. The largest absolute Gasteiger partial charge is 0.360 e. The molecular formula is C17H20N2O2. The van der Waals surface area contributed by atoms with E-state index in [0.717, 1.165) is 42.7 Å². The summed E-state index contributed by atoms with van der Waals surface area (Å²) >= 11 is 0. The standard InChI is InChI=1S/C17H20N2O2/c1-3-12-5-7-13(8-6-12)18-17(20)16-14-10-11(2)4-9-15(14)21-19-16/h5-8,11H,3-4,9-10H2,1-2H3,(H,18,20). The minimum absolute atomic E-state index is 0.182. The van der Waals surface area contributed by atoms with E-state index >= 15 is 0 Å². The Kier molecular flexibility index (Phi) is 3.78. The normalized spacial score (nSPS) is 17.3. The number of carbonyl (C=O) groups excluding carboxylic acids is 1. The molecule has 1 heterocycles. The van der Waals surface area contributed by atoms with Crippen LogP contribution in [0.4, 0.5) is 5.69 Å². The van der Waals surface area contributed by atoms with Crippen LogP contribution in [0.2, 0.25) is 0 Å². The molecule has 0 saturated carbocycles. The van der Waals surface area contributed by atoms with Crippen LogP contribution in [0.5, 0.6) is 0 Å². The Morgan fingerprint density at radius 3 is 2.86 bits per heavy atom. The van der Waals surface area contributed by atoms with Crippen molar-refractivity contribution in [3.63, 3.8) is 0 Å². The quantitative estimate of drug-likeness (QED) is 0.936. The first-order valence-corrected chi connectivity index (χ1v) is 7.55. The van der Waals surface area contributed by atoms with Gasteiger partial charge in [-0.05, 0) is 42.9 Å². The van der Waals surface area contributed by atoms with Crippen LogP contribution in [-0.2, 0) is 19.3 Å². The van der Waals surface area contributed by atoms with Crippen LogP contribution in [-0.4, -0.2) is 11.1 Å². The van der Waals surface area contributed by atoms with Crippen LogP contribution in [0.3, 0.4) is 0 Å². The van der Waals surface area contributed by atoms with Crippen molar-refractivity contribution in [3.8, 4) is 0 Å². The van der Waals surface area contributed by atoms with Crippen molar-refractivity contribution < 1.29 is 9.32 Å². The van der Waals surface area contributed by atoms with Gasteiger partial charge in [0.05, 0.1) is 0 Å². The number of hydrogen-bond donors (Lipinski definition) is 1. The summed E-state index contributed by atoms with van der Waals surface area (Å²) in [6.07, 6.45) is 3.84. The zero-order chi connectivity index (χ0) is 14.8. The first-order chi connectivity index (χ1) is 10.2. The summed E-state index contributed by atoms with van der Waals surface area (Å²) in [5, 5.41) is 6.87.